The van der Waals surface area contributed by atoms with Gasteiger partial charge >= 0.3 is 0 Å². The van der Waals surface area contributed by atoms with Crippen molar-refractivity contribution in [2.24, 2.45) is 10.5 Å². The number of carbonyl (C=O) groups is 1. The van der Waals surface area contributed by atoms with Crippen LogP contribution in [0, 0.1) is 5.41 Å². The van der Waals surface area contributed by atoms with Crippen LogP contribution in [0.3, 0.4) is 0 Å². The minimum absolute atomic E-state index is 0.0295. The Bertz CT molecular complexity index is 434. The predicted molar refractivity (Wildman–Crippen MR) is 66.4 cm³/mol. The summed E-state index contributed by atoms with van der Waals surface area (Å²) in [6.45, 7) is 5.70. The summed E-state index contributed by atoms with van der Waals surface area (Å²) in [4.78, 5) is 16.5. The molecule has 0 saturated carbocycles. The van der Waals surface area contributed by atoms with E-state index in [2.05, 4.69) is 10.1 Å². The summed E-state index contributed by atoms with van der Waals surface area (Å²) in [5.74, 6) is 0.0295. The molecule has 2 rings (SSSR count). The average molecular weight is 231 g/mol. The van der Waals surface area contributed by atoms with E-state index >= 15 is 0 Å². The molecular formula is C13H17N3O. The first-order chi connectivity index (χ1) is 8.00. The Morgan fingerprint density at radius 2 is 2.18 bits per heavy atom. The highest BCUT2D eigenvalue weighted by Crippen LogP contribution is 2.31. The molecule has 2 heterocycles. The standard InChI is InChI=1S/C13H17N3O/c1-13(2,3)12(17)16-11(7-9-15-16)10-6-4-5-8-14-10/h4-6,8-9,11H,7H2,1-3H3/t11-/m0/s1. The maximum absolute atomic E-state index is 12.2. The van der Waals surface area contributed by atoms with Crippen LogP contribution in [0.2, 0.25) is 0 Å². The van der Waals surface area contributed by atoms with E-state index in [1.165, 1.54) is 0 Å². The van der Waals surface area contributed by atoms with Crippen molar-refractivity contribution in [3.05, 3.63) is 30.1 Å². The third-order valence-corrected chi connectivity index (χ3v) is 2.71. The molecule has 1 atom stereocenters. The van der Waals surface area contributed by atoms with Crippen molar-refractivity contribution < 1.29 is 4.79 Å². The Morgan fingerprint density at radius 1 is 1.41 bits per heavy atom. The molecule has 90 valence electrons. The van der Waals surface area contributed by atoms with Crippen LogP contribution >= 0.6 is 0 Å². The highest BCUT2D eigenvalue weighted by Gasteiger charge is 2.35. The monoisotopic (exact) mass is 231 g/mol. The summed E-state index contributed by atoms with van der Waals surface area (Å²) in [7, 11) is 0. The van der Waals surface area contributed by atoms with E-state index in [0.29, 0.717) is 0 Å². The largest absolute Gasteiger partial charge is 0.272 e. The normalized spacial score (nSPS) is 19.7. The van der Waals surface area contributed by atoms with Crippen molar-refractivity contribution in [3.8, 4) is 0 Å². The third kappa shape index (κ3) is 2.35. The van der Waals surface area contributed by atoms with Crippen molar-refractivity contribution >= 4 is 12.1 Å². The second-order valence-corrected chi connectivity index (χ2v) is 5.20. The lowest BCUT2D eigenvalue weighted by Crippen LogP contribution is -2.36. The lowest BCUT2D eigenvalue weighted by Gasteiger charge is -2.27. The number of pyridine rings is 1. The second-order valence-electron chi connectivity index (χ2n) is 5.20. The smallest absolute Gasteiger partial charge is 0.248 e. The third-order valence-electron chi connectivity index (χ3n) is 2.71. The Balaban J connectivity index is 2.24. The lowest BCUT2D eigenvalue weighted by molar-refractivity contribution is -0.141. The number of rotatable bonds is 1. The van der Waals surface area contributed by atoms with Crippen LogP contribution in [0.4, 0.5) is 0 Å². The zero-order valence-corrected chi connectivity index (χ0v) is 10.4. The van der Waals surface area contributed by atoms with Crippen molar-refractivity contribution in [1.82, 2.24) is 9.99 Å². The van der Waals surface area contributed by atoms with E-state index in [0.717, 1.165) is 12.1 Å². The van der Waals surface area contributed by atoms with Crippen LogP contribution in [-0.2, 0) is 4.79 Å². The molecule has 1 aromatic rings. The number of nitrogens with zero attached hydrogens (tertiary/aromatic N) is 3. The van der Waals surface area contributed by atoms with E-state index in [-0.39, 0.29) is 11.9 Å². The molecular weight excluding hydrogens is 214 g/mol. The molecule has 0 bridgehead atoms. The van der Waals surface area contributed by atoms with Gasteiger partial charge in [0.15, 0.2) is 0 Å². The Morgan fingerprint density at radius 3 is 2.76 bits per heavy atom. The minimum atomic E-state index is -0.422. The zero-order valence-electron chi connectivity index (χ0n) is 10.4. The minimum Gasteiger partial charge on any atom is -0.272 e. The van der Waals surface area contributed by atoms with Gasteiger partial charge in [-0.2, -0.15) is 5.10 Å². The Kier molecular flexibility index (Phi) is 2.96. The van der Waals surface area contributed by atoms with Crippen LogP contribution in [0.15, 0.2) is 29.5 Å². The summed E-state index contributed by atoms with van der Waals surface area (Å²) in [6, 6.07) is 5.68. The quantitative estimate of drug-likeness (QED) is 0.745. The van der Waals surface area contributed by atoms with Gasteiger partial charge in [0.2, 0.25) is 5.91 Å². The van der Waals surface area contributed by atoms with Gasteiger partial charge in [0.1, 0.15) is 6.04 Å². The molecule has 4 nitrogen and oxygen atoms in total. The van der Waals surface area contributed by atoms with Gasteiger partial charge in [-0.05, 0) is 12.1 Å². The number of aromatic nitrogens is 1. The Labute approximate surface area is 101 Å². The number of carbonyl (C=O) groups excluding carboxylic acids is 1. The highest BCUT2D eigenvalue weighted by molar-refractivity contribution is 5.84. The maximum atomic E-state index is 12.2. The molecule has 1 aliphatic rings. The van der Waals surface area contributed by atoms with Crippen LogP contribution in [-0.4, -0.2) is 22.1 Å². The zero-order chi connectivity index (χ0) is 12.5. The van der Waals surface area contributed by atoms with Gasteiger partial charge in [-0.1, -0.05) is 26.8 Å². The molecule has 1 amide bonds. The topological polar surface area (TPSA) is 45.6 Å². The molecule has 0 aromatic carbocycles. The van der Waals surface area contributed by atoms with E-state index < -0.39 is 5.41 Å². The van der Waals surface area contributed by atoms with Gasteiger partial charge in [0.05, 0.1) is 5.69 Å². The molecule has 17 heavy (non-hydrogen) atoms. The summed E-state index contributed by atoms with van der Waals surface area (Å²) < 4.78 is 0. The van der Waals surface area contributed by atoms with Crippen LogP contribution < -0.4 is 0 Å². The van der Waals surface area contributed by atoms with Crippen LogP contribution in [0.25, 0.3) is 0 Å². The van der Waals surface area contributed by atoms with E-state index in [1.807, 2.05) is 39.0 Å². The van der Waals surface area contributed by atoms with Gasteiger partial charge in [-0.3, -0.25) is 9.78 Å². The summed E-state index contributed by atoms with van der Waals surface area (Å²) in [5, 5.41) is 5.74. The van der Waals surface area contributed by atoms with E-state index in [4.69, 9.17) is 0 Å². The molecule has 0 spiro atoms. The molecule has 0 fully saturated rings. The first-order valence-corrected chi connectivity index (χ1v) is 5.77. The maximum Gasteiger partial charge on any atom is 0.248 e. The molecule has 0 unspecified atom stereocenters. The van der Waals surface area contributed by atoms with Crippen molar-refractivity contribution in [3.63, 3.8) is 0 Å². The van der Waals surface area contributed by atoms with Gasteiger partial charge < -0.3 is 0 Å². The number of amides is 1. The fourth-order valence-electron chi connectivity index (χ4n) is 1.77. The fourth-order valence-corrected chi connectivity index (χ4v) is 1.77. The molecule has 1 aromatic heterocycles. The first kappa shape index (κ1) is 11.8. The molecule has 0 aliphatic carbocycles. The van der Waals surface area contributed by atoms with Crippen molar-refractivity contribution in [1.29, 1.82) is 0 Å². The fraction of sp³-hybridized carbons (Fsp3) is 0.462. The molecule has 0 N–H and O–H groups in total. The van der Waals surface area contributed by atoms with Gasteiger partial charge in [-0.25, -0.2) is 5.01 Å². The van der Waals surface area contributed by atoms with Crippen molar-refractivity contribution in [2.75, 3.05) is 0 Å². The second kappa shape index (κ2) is 4.28. The predicted octanol–water partition coefficient (Wildman–Crippen LogP) is 2.39. The first-order valence-electron chi connectivity index (χ1n) is 5.77. The van der Waals surface area contributed by atoms with Gasteiger partial charge in [-0.15, -0.1) is 0 Å². The molecule has 0 radical (unpaired) electrons. The van der Waals surface area contributed by atoms with Crippen LogP contribution in [0.5, 0.6) is 0 Å². The Hall–Kier alpha value is -1.71. The summed E-state index contributed by atoms with van der Waals surface area (Å²) in [5.41, 5.74) is 0.469. The van der Waals surface area contributed by atoms with Crippen molar-refractivity contribution in [2.45, 2.75) is 33.2 Å². The van der Waals surface area contributed by atoms with E-state index in [9.17, 15) is 4.79 Å². The summed E-state index contributed by atoms with van der Waals surface area (Å²) in [6.07, 6.45) is 4.26. The SMILES string of the molecule is CC(C)(C)C(=O)N1N=CC[C@H]1c1ccccn1. The average Bonchev–Trinajstić information content (AvgIpc) is 2.76. The molecule has 4 heteroatoms. The lowest BCUT2D eigenvalue weighted by atomic mass is 9.94. The van der Waals surface area contributed by atoms with E-state index in [1.54, 1.807) is 17.4 Å². The number of hydrogen-bond donors (Lipinski definition) is 0. The van der Waals surface area contributed by atoms with Gasteiger partial charge in [0, 0.05) is 24.2 Å². The number of hydrogen-bond acceptors (Lipinski definition) is 3. The van der Waals surface area contributed by atoms with Crippen LogP contribution in [0.1, 0.15) is 38.9 Å². The number of hydrazone groups is 1. The molecule has 0 saturated heterocycles. The summed E-state index contributed by atoms with van der Waals surface area (Å²) >= 11 is 0. The van der Waals surface area contributed by atoms with Gasteiger partial charge in [0.25, 0.3) is 0 Å². The highest BCUT2D eigenvalue weighted by atomic mass is 16.2. The molecule has 1 aliphatic heterocycles.